The lowest BCUT2D eigenvalue weighted by Gasteiger charge is -2.44. The Balaban J connectivity index is 1.67. The topological polar surface area (TPSA) is 0 Å². The Morgan fingerprint density at radius 1 is 0.710 bits per heavy atom. The quantitative estimate of drug-likeness (QED) is 0.352. The maximum atomic E-state index is 13.9. The van der Waals surface area contributed by atoms with Gasteiger partial charge in [-0.3, -0.25) is 0 Å². The van der Waals surface area contributed by atoms with Crippen LogP contribution in [-0.2, 0) is 5.16 Å². The summed E-state index contributed by atoms with van der Waals surface area (Å²) in [7, 11) is -0.712. The Hall–Kier alpha value is -1.95. The van der Waals surface area contributed by atoms with E-state index in [-0.39, 0.29) is 37.8 Å². The first-order chi connectivity index (χ1) is 15.1. The smallest absolute Gasteiger partial charge is 0.123 e. The highest BCUT2D eigenvalue weighted by Crippen LogP contribution is 2.99. The van der Waals surface area contributed by atoms with Gasteiger partial charge < -0.3 is 0 Å². The van der Waals surface area contributed by atoms with E-state index in [1.54, 1.807) is 12.1 Å². The first-order valence-corrected chi connectivity index (χ1v) is 14.4. The molecule has 3 aromatic carbocycles. The molecule has 0 aliphatic carbocycles. The predicted octanol–water partition coefficient (Wildman–Crippen LogP) is 8.18. The van der Waals surface area contributed by atoms with Gasteiger partial charge in [0, 0.05) is 5.16 Å². The molecule has 0 N–H and O–H groups in total. The van der Waals surface area contributed by atoms with Crippen molar-refractivity contribution in [1.29, 1.82) is 0 Å². The molecule has 156 valence electrons. The number of benzene rings is 3. The van der Waals surface area contributed by atoms with Crippen molar-refractivity contribution in [2.75, 3.05) is 12.3 Å². The van der Waals surface area contributed by atoms with Gasteiger partial charge in [0.05, 0.1) is 0 Å². The molecule has 0 aromatic heterocycles. The van der Waals surface area contributed by atoms with Crippen molar-refractivity contribution in [1.82, 2.24) is 0 Å². The standard InChI is InChI=1S/C26H21F3P2/c27-21-9-3-17(4-10-21)24-25(18-5-11-22(28)12-6-18)30-16-20-2-1-15-31(30)26(20,24)19-7-13-23(29)14-8-19/h3-14,20H,1-2,15-16H2. The van der Waals surface area contributed by atoms with Gasteiger partial charge >= 0.3 is 0 Å². The molecule has 4 bridgehead atoms. The van der Waals surface area contributed by atoms with Gasteiger partial charge in [0.25, 0.3) is 0 Å². The predicted molar refractivity (Wildman–Crippen MR) is 124 cm³/mol. The normalized spacial score (nSPS) is 28.9. The molecule has 0 spiro atoms. The summed E-state index contributed by atoms with van der Waals surface area (Å²) < 4.78 is 41.4. The minimum absolute atomic E-state index is 0.117. The zero-order valence-corrected chi connectivity index (χ0v) is 18.7. The van der Waals surface area contributed by atoms with Crippen molar-refractivity contribution < 1.29 is 13.2 Å². The van der Waals surface area contributed by atoms with Crippen LogP contribution in [0.5, 0.6) is 0 Å². The summed E-state index contributed by atoms with van der Waals surface area (Å²) in [6, 6.07) is 20.8. The zero-order valence-electron chi connectivity index (χ0n) is 16.9. The summed E-state index contributed by atoms with van der Waals surface area (Å²) in [6.45, 7) is 0. The van der Waals surface area contributed by atoms with Crippen LogP contribution in [0.4, 0.5) is 13.2 Å². The highest BCUT2D eigenvalue weighted by Gasteiger charge is 2.65. The molecule has 31 heavy (non-hydrogen) atoms. The van der Waals surface area contributed by atoms with E-state index < -0.39 is 0 Å². The lowest BCUT2D eigenvalue weighted by Crippen LogP contribution is -2.35. The maximum Gasteiger partial charge on any atom is 0.123 e. The van der Waals surface area contributed by atoms with E-state index in [1.807, 2.05) is 36.4 Å². The summed E-state index contributed by atoms with van der Waals surface area (Å²) in [5, 5.41) is 1.24. The first-order valence-electron chi connectivity index (χ1n) is 10.7. The molecule has 5 heteroatoms. The van der Waals surface area contributed by atoms with Crippen LogP contribution in [0.25, 0.3) is 10.9 Å². The first kappa shape index (κ1) is 19.7. The Morgan fingerprint density at radius 3 is 1.87 bits per heavy atom. The molecule has 3 heterocycles. The summed E-state index contributed by atoms with van der Waals surface area (Å²) in [5.41, 5.74) is 4.63. The van der Waals surface area contributed by atoms with E-state index in [4.69, 9.17) is 0 Å². The van der Waals surface area contributed by atoms with Crippen molar-refractivity contribution in [3.8, 4) is 0 Å². The van der Waals surface area contributed by atoms with Gasteiger partial charge in [-0.25, -0.2) is 13.2 Å². The van der Waals surface area contributed by atoms with E-state index in [0.717, 1.165) is 11.1 Å². The molecule has 0 saturated carbocycles. The second kappa shape index (κ2) is 7.29. The zero-order chi connectivity index (χ0) is 21.2. The van der Waals surface area contributed by atoms with Crippen molar-refractivity contribution in [3.63, 3.8) is 0 Å². The van der Waals surface area contributed by atoms with Crippen molar-refractivity contribution in [3.05, 3.63) is 107 Å². The summed E-state index contributed by atoms with van der Waals surface area (Å²) in [4.78, 5) is 0. The average Bonchev–Trinajstić information content (AvgIpc) is 3.14. The maximum absolute atomic E-state index is 13.9. The fraction of sp³-hybridized carbons (Fsp3) is 0.231. The lowest BCUT2D eigenvalue weighted by molar-refractivity contribution is 0.446. The largest absolute Gasteiger partial charge is 0.207 e. The molecule has 0 amide bonds. The fourth-order valence-corrected chi connectivity index (χ4v) is 17.7. The van der Waals surface area contributed by atoms with Crippen molar-refractivity contribution in [2.24, 2.45) is 5.92 Å². The minimum Gasteiger partial charge on any atom is -0.207 e. The van der Waals surface area contributed by atoms with Crippen LogP contribution in [0.1, 0.15) is 29.5 Å². The molecule has 0 nitrogen and oxygen atoms in total. The van der Waals surface area contributed by atoms with E-state index in [2.05, 4.69) is 0 Å². The Kier molecular flexibility index (Phi) is 4.64. The van der Waals surface area contributed by atoms with Crippen LogP contribution in [-0.4, -0.2) is 12.3 Å². The Morgan fingerprint density at radius 2 is 1.26 bits per heavy atom. The second-order valence-corrected chi connectivity index (χ2v) is 15.0. The highest BCUT2D eigenvalue weighted by atomic mass is 32.1. The molecular weight excluding hydrogens is 431 g/mol. The van der Waals surface area contributed by atoms with Gasteiger partial charge in [-0.15, -0.1) is 0 Å². The Bertz CT molecular complexity index is 1170. The van der Waals surface area contributed by atoms with Crippen LogP contribution in [0.2, 0.25) is 0 Å². The lowest BCUT2D eigenvalue weighted by atomic mass is 9.74. The minimum atomic E-state index is -0.375. The molecule has 6 rings (SSSR count). The SMILES string of the molecule is Fc1ccc(C2=C(c3ccc(F)cc3)C3(c4ccc(F)cc4)C4CCCP3P2C4)cc1. The monoisotopic (exact) mass is 452 g/mol. The molecular formula is C26H21F3P2. The number of hydrogen-bond donors (Lipinski definition) is 0. The van der Waals surface area contributed by atoms with Crippen LogP contribution in [0, 0.1) is 23.4 Å². The third kappa shape index (κ3) is 2.83. The van der Waals surface area contributed by atoms with Crippen LogP contribution in [0.3, 0.4) is 0 Å². The van der Waals surface area contributed by atoms with E-state index in [9.17, 15) is 13.2 Å². The molecule has 3 aliphatic rings. The average molecular weight is 452 g/mol. The molecule has 4 atom stereocenters. The van der Waals surface area contributed by atoms with Gasteiger partial charge in [0.15, 0.2) is 0 Å². The van der Waals surface area contributed by atoms with Crippen molar-refractivity contribution in [2.45, 2.75) is 18.0 Å². The van der Waals surface area contributed by atoms with E-state index in [1.165, 1.54) is 65.9 Å². The van der Waals surface area contributed by atoms with Crippen LogP contribution >= 0.6 is 15.2 Å². The highest BCUT2D eigenvalue weighted by molar-refractivity contribution is 8.36. The van der Waals surface area contributed by atoms with Gasteiger partial charge in [0.1, 0.15) is 17.5 Å². The number of allylic oxidation sites excluding steroid dienone is 1. The van der Waals surface area contributed by atoms with Gasteiger partial charge in [-0.05, 0) is 103 Å². The number of rotatable bonds is 3. The molecule has 3 aliphatic heterocycles. The third-order valence-corrected chi connectivity index (χ3v) is 16.2. The molecule has 2 fully saturated rings. The van der Waals surface area contributed by atoms with E-state index >= 15 is 0 Å². The van der Waals surface area contributed by atoms with Crippen LogP contribution < -0.4 is 0 Å². The molecule has 3 aromatic rings. The second-order valence-electron chi connectivity index (χ2n) is 8.56. The summed E-state index contributed by atoms with van der Waals surface area (Å²) in [5.74, 6) is -0.166. The third-order valence-electron chi connectivity index (χ3n) is 7.02. The number of hydrogen-bond acceptors (Lipinski definition) is 0. The van der Waals surface area contributed by atoms with Gasteiger partial charge in [0.2, 0.25) is 0 Å². The summed E-state index contributed by atoms with van der Waals surface area (Å²) in [6.07, 6.45) is 4.82. The Labute approximate surface area is 182 Å². The van der Waals surface area contributed by atoms with Crippen molar-refractivity contribution >= 4 is 26.1 Å². The van der Waals surface area contributed by atoms with Gasteiger partial charge in [-0.2, -0.15) is 0 Å². The fourth-order valence-electron chi connectivity index (χ4n) is 5.89. The van der Waals surface area contributed by atoms with Crippen LogP contribution in [0.15, 0.2) is 72.8 Å². The molecule has 0 radical (unpaired) electrons. The molecule has 4 unspecified atom stereocenters. The number of halogens is 3. The molecule has 2 saturated heterocycles. The summed E-state index contributed by atoms with van der Waals surface area (Å²) >= 11 is 0. The van der Waals surface area contributed by atoms with Gasteiger partial charge in [-0.1, -0.05) is 44.0 Å². The van der Waals surface area contributed by atoms with E-state index in [0.29, 0.717) is 5.92 Å².